The highest BCUT2D eigenvalue weighted by molar-refractivity contribution is 7.95. The van der Waals surface area contributed by atoms with E-state index >= 15 is 0 Å². The first-order valence-electron chi connectivity index (χ1n) is 9.01. The summed E-state index contributed by atoms with van der Waals surface area (Å²) in [5.41, 5.74) is 2.24. The Morgan fingerprint density at radius 1 is 0.962 bits per heavy atom. The van der Waals surface area contributed by atoms with Crippen LogP contribution < -0.4 is 0 Å². The fraction of sp³-hybridized carbons (Fsp3) is 0.273. The maximum absolute atomic E-state index is 13.1. The maximum Gasteiger partial charge on any atom is 0.204 e. The van der Waals surface area contributed by atoms with Crippen LogP contribution in [0, 0.1) is 6.92 Å². The molecular weight excluding hydrogens is 342 g/mol. The topological polar surface area (TPSA) is 37.4 Å². The Hall–Kier alpha value is -2.33. The van der Waals surface area contributed by atoms with Gasteiger partial charge in [-0.3, -0.25) is 0 Å². The van der Waals surface area contributed by atoms with Crippen LogP contribution in [-0.4, -0.2) is 19.9 Å². The summed E-state index contributed by atoms with van der Waals surface area (Å²) >= 11 is 0. The summed E-state index contributed by atoms with van der Waals surface area (Å²) in [6.07, 6.45) is 8.32. The van der Waals surface area contributed by atoms with Crippen molar-refractivity contribution in [1.82, 2.24) is 4.90 Å². The minimum absolute atomic E-state index is 0.363. The van der Waals surface area contributed by atoms with Gasteiger partial charge in [0.2, 0.25) is 9.84 Å². The fourth-order valence-corrected chi connectivity index (χ4v) is 4.44. The van der Waals surface area contributed by atoms with E-state index in [1.54, 1.807) is 12.1 Å². The van der Waals surface area contributed by atoms with Crippen LogP contribution in [0.15, 0.2) is 82.7 Å². The molecule has 3 rings (SSSR count). The molecule has 1 aliphatic rings. The third kappa shape index (κ3) is 4.64. The number of nitrogens with zero attached hydrogens (tertiary/aromatic N) is 1. The molecule has 2 aromatic rings. The maximum atomic E-state index is 13.1. The number of sulfone groups is 1. The second-order valence-electron chi connectivity index (χ2n) is 6.69. The van der Waals surface area contributed by atoms with Crippen molar-refractivity contribution >= 4 is 9.84 Å². The molecule has 0 aliphatic carbocycles. The van der Waals surface area contributed by atoms with Gasteiger partial charge in [-0.1, -0.05) is 60.2 Å². The molecule has 0 saturated heterocycles. The fourth-order valence-electron chi connectivity index (χ4n) is 3.04. The molecule has 4 heteroatoms. The lowest BCUT2D eigenvalue weighted by Crippen LogP contribution is -2.20. The summed E-state index contributed by atoms with van der Waals surface area (Å²) in [6.45, 7) is 3.51. The van der Waals surface area contributed by atoms with Gasteiger partial charge in [0.25, 0.3) is 0 Å². The zero-order chi connectivity index (χ0) is 18.4. The van der Waals surface area contributed by atoms with E-state index in [9.17, 15) is 8.42 Å². The molecule has 26 heavy (non-hydrogen) atoms. The molecule has 0 N–H and O–H groups in total. The first-order chi connectivity index (χ1) is 12.6. The van der Waals surface area contributed by atoms with Gasteiger partial charge in [0, 0.05) is 25.7 Å². The summed E-state index contributed by atoms with van der Waals surface area (Å²) in [7, 11) is -3.49. The first-order valence-corrected chi connectivity index (χ1v) is 10.5. The van der Waals surface area contributed by atoms with E-state index < -0.39 is 9.84 Å². The van der Waals surface area contributed by atoms with E-state index in [4.69, 9.17) is 0 Å². The standard InChI is InChI=1S/C22H25NO2S/c1-19-12-14-21(15-13-19)26(24,25)22-11-7-2-3-8-16-23(18-22)17-20-9-5-4-6-10-20/h2,4-7,9-10,12-15,18H,3,8,11,16-17H2,1H3/b7-2-,22-18+. The average molecular weight is 368 g/mol. The number of hydrogen-bond donors (Lipinski definition) is 0. The van der Waals surface area contributed by atoms with Gasteiger partial charge in [0.05, 0.1) is 9.80 Å². The van der Waals surface area contributed by atoms with Crippen molar-refractivity contribution in [3.05, 3.63) is 89.0 Å². The quantitative estimate of drug-likeness (QED) is 0.725. The van der Waals surface area contributed by atoms with Gasteiger partial charge in [0.1, 0.15) is 0 Å². The van der Waals surface area contributed by atoms with Crippen molar-refractivity contribution in [2.75, 3.05) is 6.54 Å². The Morgan fingerprint density at radius 2 is 1.69 bits per heavy atom. The minimum Gasteiger partial charge on any atom is -0.372 e. The highest BCUT2D eigenvalue weighted by atomic mass is 32.2. The van der Waals surface area contributed by atoms with E-state index in [-0.39, 0.29) is 0 Å². The average Bonchev–Trinajstić information content (AvgIpc) is 2.75. The van der Waals surface area contributed by atoms with Crippen LogP contribution in [0.2, 0.25) is 0 Å². The molecule has 0 aromatic heterocycles. The Labute approximate surface area is 156 Å². The Kier molecular flexibility index (Phi) is 5.94. The van der Waals surface area contributed by atoms with Gasteiger partial charge >= 0.3 is 0 Å². The molecule has 2 aromatic carbocycles. The Balaban J connectivity index is 1.94. The van der Waals surface area contributed by atoms with Gasteiger partial charge in [-0.25, -0.2) is 8.42 Å². The Morgan fingerprint density at radius 3 is 2.42 bits per heavy atom. The molecule has 0 amide bonds. The largest absolute Gasteiger partial charge is 0.372 e. The molecule has 0 unspecified atom stereocenters. The van der Waals surface area contributed by atoms with Crippen molar-refractivity contribution in [3.8, 4) is 0 Å². The zero-order valence-corrected chi connectivity index (χ0v) is 16.0. The molecule has 3 nitrogen and oxygen atoms in total. The van der Waals surface area contributed by atoms with Crippen LogP contribution in [0.5, 0.6) is 0 Å². The van der Waals surface area contributed by atoms with Crippen LogP contribution in [0.4, 0.5) is 0 Å². The number of aryl methyl sites for hydroxylation is 1. The van der Waals surface area contributed by atoms with Gasteiger partial charge < -0.3 is 4.90 Å². The smallest absolute Gasteiger partial charge is 0.204 e. The molecule has 0 fully saturated rings. The molecule has 0 saturated carbocycles. The lowest BCUT2D eigenvalue weighted by molar-refractivity contribution is 0.362. The van der Waals surface area contributed by atoms with Crippen LogP contribution >= 0.6 is 0 Å². The lowest BCUT2D eigenvalue weighted by atomic mass is 10.2. The SMILES string of the molecule is Cc1ccc(S(=O)(=O)/C2=C/N(Cc3ccccc3)CCC/C=C\C2)cc1. The van der Waals surface area contributed by atoms with Gasteiger partial charge in [-0.2, -0.15) is 0 Å². The predicted molar refractivity (Wildman–Crippen MR) is 106 cm³/mol. The number of rotatable bonds is 4. The van der Waals surface area contributed by atoms with E-state index in [1.165, 1.54) is 5.56 Å². The Bertz CT molecular complexity index is 881. The van der Waals surface area contributed by atoms with Gasteiger partial charge in [0.15, 0.2) is 0 Å². The van der Waals surface area contributed by atoms with Crippen molar-refractivity contribution in [2.24, 2.45) is 0 Å². The molecule has 0 atom stereocenters. The van der Waals surface area contributed by atoms with Crippen LogP contribution in [-0.2, 0) is 16.4 Å². The molecule has 136 valence electrons. The summed E-state index contributed by atoms with van der Waals surface area (Å²) in [5.74, 6) is 0. The minimum atomic E-state index is -3.49. The molecule has 0 bridgehead atoms. The monoisotopic (exact) mass is 367 g/mol. The third-order valence-electron chi connectivity index (χ3n) is 4.53. The summed E-state index contributed by atoms with van der Waals surface area (Å²) < 4.78 is 26.3. The van der Waals surface area contributed by atoms with E-state index in [2.05, 4.69) is 23.1 Å². The normalized spacial score (nSPS) is 19.0. The zero-order valence-electron chi connectivity index (χ0n) is 15.1. The second-order valence-corrected chi connectivity index (χ2v) is 8.69. The van der Waals surface area contributed by atoms with Crippen LogP contribution in [0.1, 0.15) is 30.4 Å². The van der Waals surface area contributed by atoms with Crippen molar-refractivity contribution in [3.63, 3.8) is 0 Å². The highest BCUT2D eigenvalue weighted by Gasteiger charge is 2.21. The summed E-state index contributed by atoms with van der Waals surface area (Å²) in [5, 5.41) is 0. The molecular formula is C22H25NO2S. The molecule has 1 aliphatic heterocycles. The van der Waals surface area contributed by atoms with E-state index in [1.807, 2.05) is 49.5 Å². The van der Waals surface area contributed by atoms with Crippen LogP contribution in [0.3, 0.4) is 0 Å². The third-order valence-corrected chi connectivity index (χ3v) is 6.39. The van der Waals surface area contributed by atoms with Crippen molar-refractivity contribution in [2.45, 2.75) is 37.6 Å². The van der Waals surface area contributed by atoms with Gasteiger partial charge in [-0.15, -0.1) is 0 Å². The van der Waals surface area contributed by atoms with Crippen molar-refractivity contribution in [1.29, 1.82) is 0 Å². The molecule has 0 radical (unpaired) electrons. The van der Waals surface area contributed by atoms with E-state index in [0.717, 1.165) is 24.9 Å². The molecule has 0 spiro atoms. The number of hydrogen-bond acceptors (Lipinski definition) is 3. The summed E-state index contributed by atoms with van der Waals surface area (Å²) in [6, 6.07) is 17.3. The summed E-state index contributed by atoms with van der Waals surface area (Å²) in [4.78, 5) is 2.95. The van der Waals surface area contributed by atoms with Gasteiger partial charge in [-0.05, 0) is 37.5 Å². The van der Waals surface area contributed by atoms with Crippen LogP contribution in [0.25, 0.3) is 0 Å². The first kappa shape index (κ1) is 18.5. The second kappa shape index (κ2) is 8.37. The highest BCUT2D eigenvalue weighted by Crippen LogP contribution is 2.25. The predicted octanol–water partition coefficient (Wildman–Crippen LogP) is 4.85. The number of benzene rings is 2. The lowest BCUT2D eigenvalue weighted by Gasteiger charge is -2.22. The van der Waals surface area contributed by atoms with E-state index in [0.29, 0.717) is 22.8 Å². The molecule has 1 heterocycles. The number of allylic oxidation sites excluding steroid dienone is 3. The van der Waals surface area contributed by atoms with Crippen molar-refractivity contribution < 1.29 is 8.42 Å².